The molecule has 0 amide bonds. The maximum Gasteiger partial charge on any atom is 0.217 e. The van der Waals surface area contributed by atoms with Crippen molar-refractivity contribution < 1.29 is 9.47 Å². The summed E-state index contributed by atoms with van der Waals surface area (Å²) < 4.78 is 11.8. The van der Waals surface area contributed by atoms with Crippen LogP contribution >= 0.6 is 46.4 Å². The molecule has 0 aromatic heterocycles. The smallest absolute Gasteiger partial charge is 0.217 e. The normalized spacial score (nSPS) is 45.7. The zero-order valence-corrected chi connectivity index (χ0v) is 16.9. The lowest BCUT2D eigenvalue weighted by Gasteiger charge is -2.53. The van der Waals surface area contributed by atoms with E-state index in [0.717, 1.165) is 12.8 Å². The van der Waals surface area contributed by atoms with E-state index in [1.807, 2.05) is 0 Å². The molecular formula is C19H18Cl4O2. The highest BCUT2D eigenvalue weighted by atomic mass is 35.5. The zero-order valence-electron chi connectivity index (χ0n) is 13.9. The molecular weight excluding hydrogens is 402 g/mol. The summed E-state index contributed by atoms with van der Waals surface area (Å²) in [6.07, 6.45) is 2.13. The molecule has 0 unspecified atom stereocenters. The lowest BCUT2D eigenvalue weighted by molar-refractivity contribution is -0.220. The van der Waals surface area contributed by atoms with Crippen LogP contribution < -0.4 is 0 Å². The van der Waals surface area contributed by atoms with Crippen LogP contribution in [0.1, 0.15) is 35.8 Å². The Morgan fingerprint density at radius 2 is 1.24 bits per heavy atom. The molecule has 2 fully saturated rings. The average Bonchev–Trinajstić information content (AvgIpc) is 2.92. The number of alkyl halides is 2. The minimum atomic E-state index is -1.28. The number of methoxy groups -OCH3 is 2. The van der Waals surface area contributed by atoms with E-state index in [1.54, 1.807) is 14.2 Å². The highest BCUT2D eigenvalue weighted by Crippen LogP contribution is 2.80. The molecule has 2 nitrogen and oxygen atoms in total. The lowest BCUT2D eigenvalue weighted by Crippen LogP contribution is -2.57. The summed E-state index contributed by atoms with van der Waals surface area (Å²) >= 11 is 27.9. The quantitative estimate of drug-likeness (QED) is 0.461. The van der Waals surface area contributed by atoms with Gasteiger partial charge in [0.05, 0.1) is 10.1 Å². The largest absolute Gasteiger partial charge is 0.350 e. The molecule has 0 spiro atoms. The van der Waals surface area contributed by atoms with Gasteiger partial charge in [0, 0.05) is 26.1 Å². The summed E-state index contributed by atoms with van der Waals surface area (Å²) in [6, 6.07) is 8.58. The Morgan fingerprint density at radius 1 is 0.840 bits per heavy atom. The Balaban J connectivity index is 1.83. The van der Waals surface area contributed by atoms with E-state index in [1.165, 1.54) is 11.1 Å². The van der Waals surface area contributed by atoms with Crippen molar-refractivity contribution in [2.45, 2.75) is 40.2 Å². The predicted octanol–water partition coefficient (Wildman–Crippen LogP) is 5.55. The van der Waals surface area contributed by atoms with E-state index < -0.39 is 15.5 Å². The first-order chi connectivity index (χ1) is 11.9. The molecule has 6 rings (SSSR count). The van der Waals surface area contributed by atoms with Crippen LogP contribution in [0.5, 0.6) is 0 Å². The topological polar surface area (TPSA) is 18.5 Å². The van der Waals surface area contributed by atoms with Crippen LogP contribution in [0.3, 0.4) is 0 Å². The molecule has 4 bridgehead atoms. The Morgan fingerprint density at radius 3 is 1.60 bits per heavy atom. The van der Waals surface area contributed by atoms with Gasteiger partial charge in [-0.2, -0.15) is 0 Å². The van der Waals surface area contributed by atoms with Crippen LogP contribution in [0.2, 0.25) is 0 Å². The van der Waals surface area contributed by atoms with Crippen molar-refractivity contribution >= 4 is 46.4 Å². The van der Waals surface area contributed by atoms with Crippen molar-refractivity contribution in [3.63, 3.8) is 0 Å². The molecule has 6 heteroatoms. The Bertz CT molecular complexity index is 743. The van der Waals surface area contributed by atoms with Gasteiger partial charge in [-0.05, 0) is 35.8 Å². The fourth-order valence-corrected chi connectivity index (χ4v) is 8.75. The highest BCUT2D eigenvalue weighted by molar-refractivity contribution is 6.52. The molecule has 5 aliphatic carbocycles. The molecule has 25 heavy (non-hydrogen) atoms. The van der Waals surface area contributed by atoms with E-state index in [2.05, 4.69) is 24.3 Å². The van der Waals surface area contributed by atoms with Crippen LogP contribution in [0.4, 0.5) is 0 Å². The van der Waals surface area contributed by atoms with Crippen LogP contribution in [0.15, 0.2) is 34.3 Å². The first-order valence-corrected chi connectivity index (χ1v) is 10.0. The predicted molar refractivity (Wildman–Crippen MR) is 101 cm³/mol. The standard InChI is InChI=1S/C19H18Cl4O2/c1-24-19(25-2)17(22)13-11-7-8-12(10-6-4-3-5-9(10)11)14(13)18(19,23)16(21)15(17)20/h3-6,11-14H,7-8H2,1-2H3/t11-,12-,13-,14+,17+,18+/m1/s1. The highest BCUT2D eigenvalue weighted by Gasteiger charge is 2.87. The summed E-state index contributed by atoms with van der Waals surface area (Å²) in [4.78, 5) is -2.17. The maximum atomic E-state index is 7.28. The number of benzene rings is 1. The van der Waals surface area contributed by atoms with Gasteiger partial charge in [-0.15, -0.1) is 23.2 Å². The number of hydrogen-bond donors (Lipinski definition) is 0. The fraction of sp³-hybridized carbons (Fsp3) is 0.579. The van der Waals surface area contributed by atoms with Gasteiger partial charge in [0.2, 0.25) is 5.79 Å². The van der Waals surface area contributed by atoms with Crippen molar-refractivity contribution in [2.24, 2.45) is 11.8 Å². The third-order valence-corrected chi connectivity index (χ3v) is 9.76. The Hall–Kier alpha value is 0.0400. The van der Waals surface area contributed by atoms with Crippen molar-refractivity contribution in [1.82, 2.24) is 0 Å². The second-order valence-electron chi connectivity index (χ2n) is 7.55. The van der Waals surface area contributed by atoms with Crippen LogP contribution in [0.25, 0.3) is 0 Å². The number of ether oxygens (including phenoxy) is 2. The van der Waals surface area contributed by atoms with Crippen molar-refractivity contribution in [3.8, 4) is 0 Å². The minimum Gasteiger partial charge on any atom is -0.350 e. The monoisotopic (exact) mass is 418 g/mol. The molecule has 0 radical (unpaired) electrons. The van der Waals surface area contributed by atoms with E-state index >= 15 is 0 Å². The summed E-state index contributed by atoms with van der Waals surface area (Å²) in [6.45, 7) is 0. The molecule has 0 aliphatic heterocycles. The van der Waals surface area contributed by atoms with Gasteiger partial charge in [0.25, 0.3) is 0 Å². The minimum absolute atomic E-state index is 0.0233. The van der Waals surface area contributed by atoms with Gasteiger partial charge in [-0.3, -0.25) is 0 Å². The molecule has 2 saturated carbocycles. The number of fused-ring (bicyclic) bond motifs is 3. The SMILES string of the molecule is COC1(OC)[C@@]2(Cl)C(Cl)=C(Cl)[C@@]1(Cl)[C@H]1[C@@H]2[C@@H]2CC[C@@H]1c1ccccc12. The van der Waals surface area contributed by atoms with Crippen molar-refractivity contribution in [2.75, 3.05) is 14.2 Å². The molecule has 134 valence electrons. The maximum absolute atomic E-state index is 7.28. The van der Waals surface area contributed by atoms with Gasteiger partial charge in [-0.25, -0.2) is 0 Å². The molecule has 1 aromatic rings. The first-order valence-electron chi connectivity index (χ1n) is 8.53. The van der Waals surface area contributed by atoms with Gasteiger partial charge >= 0.3 is 0 Å². The number of rotatable bonds is 2. The second kappa shape index (κ2) is 5.10. The summed E-state index contributed by atoms with van der Waals surface area (Å²) in [7, 11) is 3.15. The summed E-state index contributed by atoms with van der Waals surface area (Å²) in [5.74, 6) is -0.694. The van der Waals surface area contributed by atoms with Gasteiger partial charge in [-0.1, -0.05) is 47.5 Å². The molecule has 0 saturated heterocycles. The third-order valence-electron chi connectivity index (χ3n) is 7.12. The fourth-order valence-electron chi connectivity index (χ4n) is 6.43. The van der Waals surface area contributed by atoms with Gasteiger partial charge in [0.15, 0.2) is 0 Å². The zero-order chi connectivity index (χ0) is 17.8. The lowest BCUT2D eigenvalue weighted by atomic mass is 9.53. The van der Waals surface area contributed by atoms with Gasteiger partial charge < -0.3 is 9.47 Å². The molecule has 5 aliphatic rings. The van der Waals surface area contributed by atoms with E-state index in [0.29, 0.717) is 10.1 Å². The third kappa shape index (κ3) is 1.51. The van der Waals surface area contributed by atoms with E-state index in [9.17, 15) is 0 Å². The summed E-state index contributed by atoms with van der Waals surface area (Å²) in [5.41, 5.74) is 2.71. The molecule has 0 heterocycles. The van der Waals surface area contributed by atoms with E-state index in [-0.39, 0.29) is 23.7 Å². The van der Waals surface area contributed by atoms with Gasteiger partial charge in [0.1, 0.15) is 9.75 Å². The van der Waals surface area contributed by atoms with E-state index in [4.69, 9.17) is 55.9 Å². The van der Waals surface area contributed by atoms with Crippen molar-refractivity contribution in [1.29, 1.82) is 0 Å². The summed E-state index contributed by atoms with van der Waals surface area (Å²) in [5, 5.41) is 0.752. The van der Waals surface area contributed by atoms with Crippen LogP contribution in [-0.4, -0.2) is 29.8 Å². The van der Waals surface area contributed by atoms with Crippen molar-refractivity contribution in [3.05, 3.63) is 45.5 Å². The number of hydrogen-bond acceptors (Lipinski definition) is 2. The molecule has 1 aromatic carbocycles. The number of halogens is 4. The second-order valence-corrected chi connectivity index (χ2v) is 9.50. The Labute approximate surface area is 167 Å². The average molecular weight is 420 g/mol. The van der Waals surface area contributed by atoms with Crippen LogP contribution in [0, 0.1) is 11.8 Å². The molecule has 0 N–H and O–H groups in total. The molecule has 6 atom stereocenters. The first kappa shape index (κ1) is 17.2. The Kier molecular flexibility index (Phi) is 3.50. The van der Waals surface area contributed by atoms with Crippen LogP contribution in [-0.2, 0) is 9.47 Å².